The highest BCUT2D eigenvalue weighted by molar-refractivity contribution is 5.87. The van der Waals surface area contributed by atoms with Crippen molar-refractivity contribution in [1.82, 2.24) is 4.57 Å². The van der Waals surface area contributed by atoms with Crippen molar-refractivity contribution in [2.45, 2.75) is 50.5 Å². The molecule has 130 valence electrons. The van der Waals surface area contributed by atoms with E-state index in [9.17, 15) is 4.79 Å². The number of hydrogen-bond donors (Lipinski definition) is 0. The van der Waals surface area contributed by atoms with Gasteiger partial charge in [0.25, 0.3) is 5.56 Å². The van der Waals surface area contributed by atoms with Gasteiger partial charge in [0, 0.05) is 18.4 Å². The van der Waals surface area contributed by atoms with E-state index in [2.05, 4.69) is 30.4 Å². The van der Waals surface area contributed by atoms with E-state index in [0.717, 1.165) is 60.7 Å². The first-order chi connectivity index (χ1) is 12.3. The van der Waals surface area contributed by atoms with Gasteiger partial charge >= 0.3 is 0 Å². The monoisotopic (exact) mass is 335 g/mol. The van der Waals surface area contributed by atoms with Crippen molar-refractivity contribution < 1.29 is 4.74 Å². The summed E-state index contributed by atoms with van der Waals surface area (Å²) in [5, 5.41) is 1.04. The Bertz CT molecular complexity index is 891. The average molecular weight is 335 g/mol. The molecule has 0 fully saturated rings. The summed E-state index contributed by atoms with van der Waals surface area (Å²) in [6.45, 7) is 0. The van der Waals surface area contributed by atoms with E-state index in [-0.39, 0.29) is 17.6 Å². The van der Waals surface area contributed by atoms with Crippen molar-refractivity contribution >= 4 is 10.9 Å². The van der Waals surface area contributed by atoms with Crippen molar-refractivity contribution in [2.75, 3.05) is 0 Å². The van der Waals surface area contributed by atoms with Crippen LogP contribution in [-0.2, 0) is 7.05 Å². The van der Waals surface area contributed by atoms with Gasteiger partial charge in [0.2, 0.25) is 0 Å². The van der Waals surface area contributed by atoms with Crippen LogP contribution in [0.25, 0.3) is 10.9 Å². The van der Waals surface area contributed by atoms with Crippen LogP contribution in [0.1, 0.15) is 50.0 Å². The van der Waals surface area contributed by atoms with Gasteiger partial charge in [0.15, 0.2) is 0 Å². The minimum Gasteiger partial charge on any atom is -0.485 e. The van der Waals surface area contributed by atoms with E-state index in [0.29, 0.717) is 0 Å². The molecule has 4 rings (SSSR count). The van der Waals surface area contributed by atoms with Crippen LogP contribution in [0.2, 0.25) is 0 Å². The Kier molecular flexibility index (Phi) is 4.48. The van der Waals surface area contributed by atoms with Crippen LogP contribution < -0.4 is 10.3 Å². The zero-order valence-corrected chi connectivity index (χ0v) is 14.8. The molecule has 0 spiro atoms. The molecule has 1 aromatic heterocycles. The molecule has 1 aromatic carbocycles. The van der Waals surface area contributed by atoms with E-state index in [1.165, 1.54) is 0 Å². The molecule has 2 aromatic rings. The van der Waals surface area contributed by atoms with Crippen molar-refractivity contribution in [1.29, 1.82) is 0 Å². The number of nitrogens with zero attached hydrogens (tertiary/aromatic N) is 1. The Labute approximate surface area is 148 Å². The van der Waals surface area contributed by atoms with Crippen LogP contribution in [0.3, 0.4) is 0 Å². The molecule has 1 heterocycles. The number of para-hydroxylation sites is 1. The van der Waals surface area contributed by atoms with E-state index in [1.54, 1.807) is 4.57 Å². The van der Waals surface area contributed by atoms with Crippen LogP contribution >= 0.6 is 0 Å². The lowest BCUT2D eigenvalue weighted by Gasteiger charge is -2.26. The molecule has 0 amide bonds. The summed E-state index contributed by atoms with van der Waals surface area (Å²) in [4.78, 5) is 13.2. The molecular weight excluding hydrogens is 310 g/mol. The number of pyridine rings is 1. The summed E-state index contributed by atoms with van der Waals surface area (Å²) in [6, 6.07) is 8.08. The predicted molar refractivity (Wildman–Crippen MR) is 102 cm³/mol. The minimum atomic E-state index is 0.0654. The molecule has 0 bridgehead atoms. The largest absolute Gasteiger partial charge is 0.485 e. The summed E-state index contributed by atoms with van der Waals surface area (Å²) in [7, 11) is 1.87. The average Bonchev–Trinajstić information content (AvgIpc) is 2.68. The second-order valence-electron chi connectivity index (χ2n) is 7.11. The minimum absolute atomic E-state index is 0.0654. The fourth-order valence-corrected chi connectivity index (χ4v) is 4.03. The van der Waals surface area contributed by atoms with E-state index in [1.807, 2.05) is 25.2 Å². The lowest BCUT2D eigenvalue weighted by Crippen LogP contribution is -2.27. The molecule has 25 heavy (non-hydrogen) atoms. The van der Waals surface area contributed by atoms with Crippen LogP contribution in [-0.4, -0.2) is 10.7 Å². The number of hydrogen-bond acceptors (Lipinski definition) is 2. The Morgan fingerprint density at radius 3 is 2.52 bits per heavy atom. The van der Waals surface area contributed by atoms with Gasteiger partial charge in [0.1, 0.15) is 11.9 Å². The molecule has 3 heteroatoms. The molecular formula is C22H25NO2. The maximum Gasteiger partial charge on any atom is 0.258 e. The first-order valence-electron chi connectivity index (χ1n) is 9.37. The number of rotatable bonds is 3. The maximum atomic E-state index is 13.2. The molecule has 2 unspecified atom stereocenters. The Hall–Kier alpha value is -2.29. The zero-order valence-electron chi connectivity index (χ0n) is 14.8. The number of benzene rings is 1. The fraction of sp³-hybridized carbons (Fsp3) is 0.409. The van der Waals surface area contributed by atoms with Gasteiger partial charge in [0.05, 0.1) is 11.1 Å². The van der Waals surface area contributed by atoms with Gasteiger partial charge in [-0.05, 0) is 56.7 Å². The molecule has 2 aliphatic carbocycles. The third-order valence-corrected chi connectivity index (χ3v) is 5.39. The molecule has 0 saturated heterocycles. The topological polar surface area (TPSA) is 31.2 Å². The maximum absolute atomic E-state index is 13.2. The zero-order chi connectivity index (χ0) is 17.2. The van der Waals surface area contributed by atoms with Crippen molar-refractivity contribution in [2.24, 2.45) is 7.05 Å². The van der Waals surface area contributed by atoms with Gasteiger partial charge in [-0.15, -0.1) is 0 Å². The van der Waals surface area contributed by atoms with Crippen molar-refractivity contribution in [3.63, 3.8) is 0 Å². The summed E-state index contributed by atoms with van der Waals surface area (Å²) >= 11 is 0. The molecule has 0 N–H and O–H groups in total. The third-order valence-electron chi connectivity index (χ3n) is 5.39. The first-order valence-corrected chi connectivity index (χ1v) is 9.37. The molecule has 0 saturated carbocycles. The van der Waals surface area contributed by atoms with E-state index >= 15 is 0 Å². The summed E-state index contributed by atoms with van der Waals surface area (Å²) in [5.41, 5.74) is 1.84. The molecule has 0 aliphatic heterocycles. The third kappa shape index (κ3) is 3.04. The van der Waals surface area contributed by atoms with Gasteiger partial charge in [-0.3, -0.25) is 4.79 Å². The fourth-order valence-electron chi connectivity index (χ4n) is 4.03. The van der Waals surface area contributed by atoms with Crippen LogP contribution in [0.4, 0.5) is 0 Å². The Balaban J connectivity index is 1.92. The lowest BCUT2D eigenvalue weighted by atomic mass is 9.88. The van der Waals surface area contributed by atoms with Gasteiger partial charge in [-0.2, -0.15) is 0 Å². The number of allylic oxidation sites excluding steroid dienone is 3. The van der Waals surface area contributed by atoms with Crippen LogP contribution in [0, 0.1) is 0 Å². The number of aromatic nitrogens is 1. The predicted octanol–water partition coefficient (Wildman–Crippen LogP) is 4.85. The highest BCUT2D eigenvalue weighted by Crippen LogP contribution is 2.37. The highest BCUT2D eigenvalue weighted by atomic mass is 16.5. The van der Waals surface area contributed by atoms with Crippen molar-refractivity contribution in [3.05, 3.63) is 64.5 Å². The van der Waals surface area contributed by atoms with Crippen molar-refractivity contribution in [3.8, 4) is 5.75 Å². The summed E-state index contributed by atoms with van der Waals surface area (Å²) < 4.78 is 8.23. The number of fused-ring (bicyclic) bond motifs is 1. The van der Waals surface area contributed by atoms with Crippen LogP contribution in [0.15, 0.2) is 53.4 Å². The van der Waals surface area contributed by atoms with Gasteiger partial charge in [-0.25, -0.2) is 0 Å². The lowest BCUT2D eigenvalue weighted by molar-refractivity contribution is 0.229. The second kappa shape index (κ2) is 6.91. The number of aryl methyl sites for hydroxylation is 1. The molecule has 2 aliphatic rings. The second-order valence-corrected chi connectivity index (χ2v) is 7.11. The SMILES string of the molecule is Cn1c(=O)c(C2C=CCCC2)c(OC2C=CCCC2)c2ccccc21. The molecule has 2 atom stereocenters. The standard InChI is InChI=1S/C22H25NO2/c1-23-19-15-9-8-14-18(19)21(25-17-12-6-3-7-13-17)20(22(23)24)16-10-4-2-5-11-16/h4,6,8-10,12,14-17H,2-3,5,7,11,13H2,1H3. The van der Waals surface area contributed by atoms with Gasteiger partial charge in [-0.1, -0.05) is 30.4 Å². The Morgan fingerprint density at radius 1 is 1.04 bits per heavy atom. The first kappa shape index (κ1) is 16.2. The number of ether oxygens (including phenoxy) is 1. The smallest absolute Gasteiger partial charge is 0.258 e. The normalized spacial score (nSPS) is 23.1. The van der Waals surface area contributed by atoms with Crippen LogP contribution in [0.5, 0.6) is 5.75 Å². The van der Waals surface area contributed by atoms with E-state index < -0.39 is 0 Å². The molecule has 0 radical (unpaired) electrons. The Morgan fingerprint density at radius 2 is 1.80 bits per heavy atom. The highest BCUT2D eigenvalue weighted by Gasteiger charge is 2.25. The molecule has 3 nitrogen and oxygen atoms in total. The quantitative estimate of drug-likeness (QED) is 0.751. The van der Waals surface area contributed by atoms with Gasteiger partial charge < -0.3 is 9.30 Å². The summed E-state index contributed by atoms with van der Waals surface area (Å²) in [6.07, 6.45) is 15.3. The summed E-state index contributed by atoms with van der Waals surface area (Å²) in [5.74, 6) is 0.950. The van der Waals surface area contributed by atoms with E-state index in [4.69, 9.17) is 4.74 Å².